The normalized spacial score (nSPS) is 19.4. The second kappa shape index (κ2) is 7.79. The Morgan fingerprint density at radius 3 is 2.69 bits per heavy atom. The Morgan fingerprint density at radius 2 is 2.00 bits per heavy atom. The molecule has 2 aromatic heterocycles. The molecule has 150 valence electrons. The summed E-state index contributed by atoms with van der Waals surface area (Å²) in [6, 6.07) is 9.68. The Labute approximate surface area is 173 Å². The first-order valence-electron chi connectivity index (χ1n) is 9.52. The van der Waals surface area contributed by atoms with E-state index in [0.717, 1.165) is 21.7 Å². The van der Waals surface area contributed by atoms with Gasteiger partial charge in [-0.15, -0.1) is 0 Å². The third-order valence-corrected chi connectivity index (χ3v) is 6.45. The molecule has 4 rings (SSSR count). The topological polar surface area (TPSA) is 80.1 Å². The summed E-state index contributed by atoms with van der Waals surface area (Å²) >= 11 is 1.47. The van der Waals surface area contributed by atoms with Crippen LogP contribution in [0.3, 0.4) is 0 Å². The molecule has 1 aromatic carbocycles. The van der Waals surface area contributed by atoms with Crippen LogP contribution in [0.5, 0.6) is 0 Å². The van der Waals surface area contributed by atoms with Gasteiger partial charge in [0.2, 0.25) is 11.8 Å². The maximum atomic E-state index is 13.2. The summed E-state index contributed by atoms with van der Waals surface area (Å²) in [4.78, 5) is 32.7. The SMILES string of the molecule is Cc1nc(NC(=O)C2CCC(=O)N(C)C2c2cnn(C)c2)sc1-c1ccccc1. The molecule has 1 N–H and O–H groups in total. The van der Waals surface area contributed by atoms with Crippen molar-refractivity contribution in [3.8, 4) is 10.4 Å². The molecular weight excluding hydrogens is 386 g/mol. The lowest BCUT2D eigenvalue weighted by atomic mass is 9.85. The zero-order valence-electron chi connectivity index (χ0n) is 16.6. The largest absolute Gasteiger partial charge is 0.338 e. The third kappa shape index (κ3) is 3.80. The zero-order valence-corrected chi connectivity index (χ0v) is 17.4. The number of hydrogen-bond acceptors (Lipinski definition) is 5. The van der Waals surface area contributed by atoms with Crippen LogP contribution in [0.25, 0.3) is 10.4 Å². The van der Waals surface area contributed by atoms with E-state index in [-0.39, 0.29) is 23.8 Å². The van der Waals surface area contributed by atoms with Crippen LogP contribution in [0.4, 0.5) is 5.13 Å². The van der Waals surface area contributed by atoms with Gasteiger partial charge in [-0.3, -0.25) is 14.3 Å². The minimum absolute atomic E-state index is 0.0411. The second-order valence-electron chi connectivity index (χ2n) is 7.33. The van der Waals surface area contributed by atoms with Gasteiger partial charge in [0, 0.05) is 32.3 Å². The summed E-state index contributed by atoms with van der Waals surface area (Å²) < 4.78 is 1.69. The lowest BCUT2D eigenvalue weighted by molar-refractivity contribution is -0.140. The second-order valence-corrected chi connectivity index (χ2v) is 8.33. The first-order valence-corrected chi connectivity index (χ1v) is 10.3. The van der Waals surface area contributed by atoms with Crippen molar-refractivity contribution in [2.75, 3.05) is 12.4 Å². The minimum Gasteiger partial charge on any atom is -0.338 e. The molecule has 2 unspecified atom stereocenters. The highest BCUT2D eigenvalue weighted by Crippen LogP contribution is 2.37. The first-order chi connectivity index (χ1) is 13.9. The first kappa shape index (κ1) is 19.3. The van der Waals surface area contributed by atoms with Gasteiger partial charge in [-0.1, -0.05) is 41.7 Å². The number of amides is 2. The van der Waals surface area contributed by atoms with Crippen LogP contribution >= 0.6 is 11.3 Å². The highest BCUT2D eigenvalue weighted by atomic mass is 32.1. The molecule has 1 aliphatic rings. The van der Waals surface area contributed by atoms with Gasteiger partial charge in [0.1, 0.15) is 0 Å². The van der Waals surface area contributed by atoms with Crippen LogP contribution in [0, 0.1) is 12.8 Å². The van der Waals surface area contributed by atoms with Gasteiger partial charge in [0.15, 0.2) is 5.13 Å². The Kier molecular flexibility index (Phi) is 5.19. The highest BCUT2D eigenvalue weighted by molar-refractivity contribution is 7.19. The van der Waals surface area contributed by atoms with Gasteiger partial charge < -0.3 is 10.2 Å². The molecule has 3 heterocycles. The average molecular weight is 410 g/mol. The number of benzene rings is 1. The van der Waals surface area contributed by atoms with Crippen LogP contribution in [0.2, 0.25) is 0 Å². The van der Waals surface area contributed by atoms with Crippen LogP contribution in [-0.4, -0.2) is 38.5 Å². The van der Waals surface area contributed by atoms with Crippen molar-refractivity contribution in [3.05, 3.63) is 54.0 Å². The maximum absolute atomic E-state index is 13.2. The van der Waals surface area contributed by atoms with Crippen molar-refractivity contribution in [2.45, 2.75) is 25.8 Å². The van der Waals surface area contributed by atoms with Crippen molar-refractivity contribution in [1.82, 2.24) is 19.7 Å². The molecule has 2 atom stereocenters. The predicted molar refractivity (Wildman–Crippen MR) is 112 cm³/mol. The summed E-state index contributed by atoms with van der Waals surface area (Å²) in [7, 11) is 3.58. The van der Waals surface area contributed by atoms with E-state index in [1.165, 1.54) is 11.3 Å². The summed E-state index contributed by atoms with van der Waals surface area (Å²) in [5.74, 6) is -0.433. The summed E-state index contributed by atoms with van der Waals surface area (Å²) in [6.07, 6.45) is 4.45. The van der Waals surface area contributed by atoms with E-state index >= 15 is 0 Å². The number of aryl methyl sites for hydroxylation is 2. The smallest absolute Gasteiger partial charge is 0.231 e. The zero-order chi connectivity index (χ0) is 20.5. The van der Waals surface area contributed by atoms with Crippen molar-refractivity contribution < 1.29 is 9.59 Å². The lowest BCUT2D eigenvalue weighted by Crippen LogP contribution is -2.44. The molecule has 7 nitrogen and oxygen atoms in total. The van der Waals surface area contributed by atoms with Gasteiger partial charge >= 0.3 is 0 Å². The Balaban J connectivity index is 1.58. The van der Waals surface area contributed by atoms with Crippen LogP contribution < -0.4 is 5.32 Å². The molecule has 1 aliphatic heterocycles. The number of rotatable bonds is 4. The Hall–Kier alpha value is -3.00. The predicted octanol–water partition coefficient (Wildman–Crippen LogP) is 3.40. The van der Waals surface area contributed by atoms with E-state index in [2.05, 4.69) is 15.4 Å². The van der Waals surface area contributed by atoms with E-state index in [9.17, 15) is 9.59 Å². The molecule has 0 radical (unpaired) electrons. The molecule has 29 heavy (non-hydrogen) atoms. The van der Waals surface area contributed by atoms with Crippen LogP contribution in [0.1, 0.15) is 30.1 Å². The minimum atomic E-state index is -0.355. The lowest BCUT2D eigenvalue weighted by Gasteiger charge is -2.37. The van der Waals surface area contributed by atoms with Crippen molar-refractivity contribution >= 4 is 28.3 Å². The molecule has 0 saturated carbocycles. The van der Waals surface area contributed by atoms with Crippen molar-refractivity contribution in [3.63, 3.8) is 0 Å². The number of carbonyl (C=O) groups excluding carboxylic acids is 2. The molecule has 0 aliphatic carbocycles. The number of carbonyl (C=O) groups is 2. The fourth-order valence-electron chi connectivity index (χ4n) is 3.87. The number of anilines is 1. The van der Waals surface area contributed by atoms with E-state index in [1.807, 2.05) is 50.5 Å². The molecule has 8 heteroatoms. The third-order valence-electron chi connectivity index (χ3n) is 5.33. The van der Waals surface area contributed by atoms with Crippen molar-refractivity contribution in [1.29, 1.82) is 0 Å². The van der Waals surface area contributed by atoms with Crippen molar-refractivity contribution in [2.24, 2.45) is 13.0 Å². The monoisotopic (exact) mass is 409 g/mol. The van der Waals surface area contributed by atoms with Gasteiger partial charge in [0.05, 0.1) is 28.7 Å². The van der Waals surface area contributed by atoms with Crippen LogP contribution in [0.15, 0.2) is 42.7 Å². The molecule has 1 saturated heterocycles. The van der Waals surface area contributed by atoms with E-state index in [1.54, 1.807) is 22.8 Å². The molecule has 3 aromatic rings. The Morgan fingerprint density at radius 1 is 1.24 bits per heavy atom. The Bertz CT molecular complexity index is 1040. The fraction of sp³-hybridized carbons (Fsp3) is 0.333. The van der Waals surface area contributed by atoms with Gasteiger partial charge in [-0.25, -0.2) is 4.98 Å². The maximum Gasteiger partial charge on any atom is 0.231 e. The standard InChI is InChI=1S/C21H23N5O2S/c1-13-19(14-7-5-4-6-8-14)29-21(23-13)24-20(28)16-9-10-17(27)26(3)18(16)15-11-22-25(2)12-15/h4-8,11-12,16,18H,9-10H2,1-3H3,(H,23,24,28). The molecule has 1 fully saturated rings. The molecule has 0 bridgehead atoms. The number of likely N-dealkylation sites (tertiary alicyclic amines) is 1. The van der Waals surface area contributed by atoms with Gasteiger partial charge in [-0.05, 0) is 18.9 Å². The van der Waals surface area contributed by atoms with Crippen LogP contribution in [-0.2, 0) is 16.6 Å². The van der Waals surface area contributed by atoms with Gasteiger partial charge in [0.25, 0.3) is 0 Å². The molecule has 0 spiro atoms. The number of aromatic nitrogens is 3. The number of nitrogens with one attached hydrogen (secondary N) is 1. The highest BCUT2D eigenvalue weighted by Gasteiger charge is 2.39. The number of hydrogen-bond donors (Lipinski definition) is 1. The summed E-state index contributed by atoms with van der Waals surface area (Å²) in [6.45, 7) is 1.94. The molecular formula is C21H23N5O2S. The van der Waals surface area contributed by atoms with Gasteiger partial charge in [-0.2, -0.15) is 5.10 Å². The van der Waals surface area contributed by atoms with E-state index in [0.29, 0.717) is 18.0 Å². The molecule has 2 amide bonds. The van der Waals surface area contributed by atoms with E-state index in [4.69, 9.17) is 0 Å². The van der Waals surface area contributed by atoms with E-state index < -0.39 is 0 Å². The number of nitrogens with zero attached hydrogens (tertiary/aromatic N) is 4. The number of thiazole rings is 1. The number of piperidine rings is 1. The average Bonchev–Trinajstić information content (AvgIpc) is 3.29. The summed E-state index contributed by atoms with van der Waals surface area (Å²) in [5, 5.41) is 7.78. The quantitative estimate of drug-likeness (QED) is 0.716. The summed E-state index contributed by atoms with van der Waals surface area (Å²) in [5.41, 5.74) is 2.83. The fourth-order valence-corrected chi connectivity index (χ4v) is 4.84.